The summed E-state index contributed by atoms with van der Waals surface area (Å²) in [6.45, 7) is 4.09. The van der Waals surface area contributed by atoms with Gasteiger partial charge in [-0.15, -0.1) is 0 Å². The van der Waals surface area contributed by atoms with Crippen LogP contribution in [0.4, 0.5) is 11.5 Å². The zero-order chi connectivity index (χ0) is 16.2. The zero-order valence-electron chi connectivity index (χ0n) is 13.0. The summed E-state index contributed by atoms with van der Waals surface area (Å²) >= 11 is 0. The van der Waals surface area contributed by atoms with Gasteiger partial charge >= 0.3 is 0 Å². The Balaban J connectivity index is 1.96. The second-order valence-electron chi connectivity index (χ2n) is 5.47. The second-order valence-corrected chi connectivity index (χ2v) is 5.47. The van der Waals surface area contributed by atoms with E-state index in [1.165, 1.54) is 11.1 Å². The van der Waals surface area contributed by atoms with Gasteiger partial charge in [-0.2, -0.15) is 5.26 Å². The highest BCUT2D eigenvalue weighted by molar-refractivity contribution is 5.70. The molecule has 0 aliphatic rings. The van der Waals surface area contributed by atoms with Gasteiger partial charge in [0.1, 0.15) is 11.9 Å². The molecule has 0 saturated heterocycles. The van der Waals surface area contributed by atoms with E-state index in [4.69, 9.17) is 0 Å². The van der Waals surface area contributed by atoms with Crippen LogP contribution in [0.5, 0.6) is 0 Å². The molecular weight excluding hydrogens is 284 g/mol. The maximum Gasteiger partial charge on any atom is 0.148 e. The van der Waals surface area contributed by atoms with Gasteiger partial charge in [0.2, 0.25) is 0 Å². The van der Waals surface area contributed by atoms with Crippen molar-refractivity contribution in [3.63, 3.8) is 0 Å². The zero-order valence-corrected chi connectivity index (χ0v) is 13.0. The van der Waals surface area contributed by atoms with Crippen molar-refractivity contribution in [1.29, 1.82) is 5.26 Å². The number of aromatic nitrogens is 2. The standard InChI is InChI=1S/C19H16N4/c1-13-7-14(2)9-18(8-13)23-19-16(11-20)10-17(12-22-19)15-3-5-21-6-4-15/h3-10,12H,1-2H3,(H,22,23). The number of pyridine rings is 2. The second kappa shape index (κ2) is 6.29. The first-order chi connectivity index (χ1) is 11.2. The topological polar surface area (TPSA) is 61.6 Å². The Morgan fingerprint density at radius 3 is 2.30 bits per heavy atom. The highest BCUT2D eigenvalue weighted by Crippen LogP contribution is 2.25. The molecule has 1 N–H and O–H groups in total. The van der Waals surface area contributed by atoms with Crippen LogP contribution in [0.15, 0.2) is 55.0 Å². The summed E-state index contributed by atoms with van der Waals surface area (Å²) in [7, 11) is 0. The van der Waals surface area contributed by atoms with Gasteiger partial charge < -0.3 is 5.32 Å². The molecule has 2 heterocycles. The molecule has 0 fully saturated rings. The van der Waals surface area contributed by atoms with Crippen molar-refractivity contribution in [2.75, 3.05) is 5.32 Å². The van der Waals surface area contributed by atoms with Gasteiger partial charge in [0.25, 0.3) is 0 Å². The van der Waals surface area contributed by atoms with E-state index in [0.717, 1.165) is 16.8 Å². The highest BCUT2D eigenvalue weighted by Gasteiger charge is 2.08. The molecule has 0 amide bonds. The van der Waals surface area contributed by atoms with E-state index in [1.54, 1.807) is 18.6 Å². The first kappa shape index (κ1) is 14.7. The van der Waals surface area contributed by atoms with Gasteiger partial charge in [-0.25, -0.2) is 4.98 Å². The predicted molar refractivity (Wildman–Crippen MR) is 91.4 cm³/mol. The van der Waals surface area contributed by atoms with Gasteiger partial charge in [0.15, 0.2) is 0 Å². The summed E-state index contributed by atoms with van der Waals surface area (Å²) < 4.78 is 0. The van der Waals surface area contributed by atoms with Crippen molar-refractivity contribution in [2.45, 2.75) is 13.8 Å². The number of nitriles is 1. The number of benzene rings is 1. The first-order valence-electron chi connectivity index (χ1n) is 7.31. The SMILES string of the molecule is Cc1cc(C)cc(Nc2ncc(-c3ccncc3)cc2C#N)c1. The monoisotopic (exact) mass is 300 g/mol. The third-order valence-electron chi connectivity index (χ3n) is 3.51. The Morgan fingerprint density at radius 1 is 0.957 bits per heavy atom. The molecular formula is C19H16N4. The number of nitrogens with one attached hydrogen (secondary N) is 1. The van der Waals surface area contributed by atoms with Crippen LogP contribution in [-0.2, 0) is 0 Å². The van der Waals surface area contributed by atoms with Gasteiger partial charge in [-0.05, 0) is 60.9 Å². The van der Waals surface area contributed by atoms with Crippen LogP contribution in [-0.4, -0.2) is 9.97 Å². The molecule has 0 aliphatic carbocycles. The molecule has 0 unspecified atom stereocenters. The molecule has 4 nitrogen and oxygen atoms in total. The fourth-order valence-electron chi connectivity index (χ4n) is 2.54. The summed E-state index contributed by atoms with van der Waals surface area (Å²) in [5, 5.41) is 12.7. The molecule has 4 heteroatoms. The van der Waals surface area contributed by atoms with Gasteiger partial charge in [-0.1, -0.05) is 6.07 Å². The van der Waals surface area contributed by atoms with E-state index in [9.17, 15) is 5.26 Å². The number of anilines is 2. The Labute approximate surface area is 135 Å². The van der Waals surface area contributed by atoms with Crippen LogP contribution >= 0.6 is 0 Å². The van der Waals surface area contributed by atoms with Crippen molar-refractivity contribution >= 4 is 11.5 Å². The number of rotatable bonds is 3. The molecule has 3 aromatic rings. The van der Waals surface area contributed by atoms with Gasteiger partial charge in [-0.3, -0.25) is 4.98 Å². The summed E-state index contributed by atoms with van der Waals surface area (Å²) in [4.78, 5) is 8.43. The summed E-state index contributed by atoms with van der Waals surface area (Å²) in [5.41, 5.74) is 5.66. The third-order valence-corrected chi connectivity index (χ3v) is 3.51. The van der Waals surface area contributed by atoms with Crippen LogP contribution in [0.1, 0.15) is 16.7 Å². The number of nitrogens with zero attached hydrogens (tertiary/aromatic N) is 3. The number of aryl methyl sites for hydroxylation is 2. The minimum atomic E-state index is 0.512. The Kier molecular flexibility index (Phi) is 4.03. The van der Waals surface area contributed by atoms with Crippen molar-refractivity contribution in [1.82, 2.24) is 9.97 Å². The van der Waals surface area contributed by atoms with E-state index in [2.05, 4.69) is 27.4 Å². The molecule has 2 aromatic heterocycles. The van der Waals surface area contributed by atoms with Crippen LogP contribution in [0.3, 0.4) is 0 Å². The minimum absolute atomic E-state index is 0.512. The Bertz CT molecular complexity index is 859. The van der Waals surface area contributed by atoms with E-state index >= 15 is 0 Å². The minimum Gasteiger partial charge on any atom is -0.339 e. The van der Waals surface area contributed by atoms with Crippen molar-refractivity contribution in [3.8, 4) is 17.2 Å². The quantitative estimate of drug-likeness (QED) is 0.780. The number of hydrogen-bond donors (Lipinski definition) is 1. The van der Waals surface area contributed by atoms with E-state index in [1.807, 2.05) is 44.2 Å². The molecule has 0 atom stereocenters. The average Bonchev–Trinajstić information content (AvgIpc) is 2.55. The molecule has 0 saturated carbocycles. The first-order valence-corrected chi connectivity index (χ1v) is 7.31. The predicted octanol–water partition coefficient (Wildman–Crippen LogP) is 4.38. The van der Waals surface area contributed by atoms with Crippen LogP contribution in [0.25, 0.3) is 11.1 Å². The largest absolute Gasteiger partial charge is 0.339 e. The smallest absolute Gasteiger partial charge is 0.148 e. The summed E-state index contributed by atoms with van der Waals surface area (Å²) in [5.74, 6) is 0.565. The molecule has 0 radical (unpaired) electrons. The molecule has 112 valence electrons. The Morgan fingerprint density at radius 2 is 1.65 bits per heavy atom. The molecule has 0 bridgehead atoms. The lowest BCUT2D eigenvalue weighted by Crippen LogP contribution is -1.98. The normalized spacial score (nSPS) is 10.1. The summed E-state index contributed by atoms with van der Waals surface area (Å²) in [6, 6.07) is 14.0. The van der Waals surface area contributed by atoms with Gasteiger partial charge in [0.05, 0.1) is 5.56 Å². The Hall–Kier alpha value is -3.19. The maximum absolute atomic E-state index is 9.43. The van der Waals surface area contributed by atoms with Crippen LogP contribution in [0.2, 0.25) is 0 Å². The molecule has 0 spiro atoms. The van der Waals surface area contributed by atoms with Crippen molar-refractivity contribution in [2.24, 2.45) is 0 Å². The lowest BCUT2D eigenvalue weighted by molar-refractivity contribution is 1.27. The lowest BCUT2D eigenvalue weighted by atomic mass is 10.1. The number of hydrogen-bond acceptors (Lipinski definition) is 4. The van der Waals surface area contributed by atoms with Crippen molar-refractivity contribution in [3.05, 3.63) is 71.7 Å². The average molecular weight is 300 g/mol. The fourth-order valence-corrected chi connectivity index (χ4v) is 2.54. The van der Waals surface area contributed by atoms with E-state index in [0.29, 0.717) is 11.4 Å². The summed E-state index contributed by atoms with van der Waals surface area (Å²) in [6.07, 6.45) is 5.22. The molecule has 1 aromatic carbocycles. The lowest BCUT2D eigenvalue weighted by Gasteiger charge is -2.10. The fraction of sp³-hybridized carbons (Fsp3) is 0.105. The maximum atomic E-state index is 9.43. The highest BCUT2D eigenvalue weighted by atomic mass is 15.0. The van der Waals surface area contributed by atoms with Gasteiger partial charge in [0, 0.05) is 29.8 Å². The van der Waals surface area contributed by atoms with E-state index in [-0.39, 0.29) is 0 Å². The molecule has 3 rings (SSSR count). The van der Waals surface area contributed by atoms with E-state index < -0.39 is 0 Å². The third kappa shape index (κ3) is 3.35. The molecule has 23 heavy (non-hydrogen) atoms. The molecule has 0 aliphatic heterocycles. The van der Waals surface area contributed by atoms with Crippen LogP contribution in [0, 0.1) is 25.2 Å². The van der Waals surface area contributed by atoms with Crippen molar-refractivity contribution < 1.29 is 0 Å². The van der Waals surface area contributed by atoms with Crippen LogP contribution < -0.4 is 5.32 Å².